The van der Waals surface area contributed by atoms with Crippen LogP contribution in [0, 0.1) is 5.92 Å². The fourth-order valence-electron chi connectivity index (χ4n) is 2.60. The molecule has 1 N–H and O–H groups in total. The molecule has 96 valence electrons. The van der Waals surface area contributed by atoms with E-state index in [1.807, 2.05) is 0 Å². The van der Waals surface area contributed by atoms with Crippen molar-refractivity contribution >= 4 is 0 Å². The van der Waals surface area contributed by atoms with E-state index in [0.29, 0.717) is 12.1 Å². The molecule has 3 atom stereocenters. The van der Waals surface area contributed by atoms with E-state index in [2.05, 4.69) is 39.9 Å². The standard InChI is InChI=1S/C14H29NO/c1-6-13(11(3)4)15-12-8-9-16-14(5,7-2)10-12/h11-13,15H,6-10H2,1-5H3. The van der Waals surface area contributed by atoms with E-state index in [1.165, 1.54) is 12.8 Å². The number of hydrogen-bond donors (Lipinski definition) is 1. The normalized spacial score (nSPS) is 33.0. The van der Waals surface area contributed by atoms with Crippen LogP contribution in [0.15, 0.2) is 0 Å². The Kier molecular flexibility index (Phi) is 5.26. The van der Waals surface area contributed by atoms with Crippen molar-refractivity contribution in [2.45, 2.75) is 78.0 Å². The summed E-state index contributed by atoms with van der Waals surface area (Å²) in [5, 5.41) is 3.81. The predicted molar refractivity (Wildman–Crippen MR) is 69.7 cm³/mol. The lowest BCUT2D eigenvalue weighted by Crippen LogP contribution is -2.49. The van der Waals surface area contributed by atoms with Crippen molar-refractivity contribution in [3.05, 3.63) is 0 Å². The first-order valence-electron chi connectivity index (χ1n) is 6.90. The van der Waals surface area contributed by atoms with Gasteiger partial charge in [-0.25, -0.2) is 0 Å². The monoisotopic (exact) mass is 227 g/mol. The molecule has 1 aliphatic rings. The van der Waals surface area contributed by atoms with Crippen LogP contribution in [0.4, 0.5) is 0 Å². The lowest BCUT2D eigenvalue weighted by Gasteiger charge is -2.40. The van der Waals surface area contributed by atoms with Gasteiger partial charge in [-0.1, -0.05) is 27.7 Å². The molecule has 0 aromatic carbocycles. The molecule has 0 aliphatic carbocycles. The molecular formula is C14H29NO. The summed E-state index contributed by atoms with van der Waals surface area (Å²) < 4.78 is 5.88. The average molecular weight is 227 g/mol. The van der Waals surface area contributed by atoms with E-state index in [1.54, 1.807) is 0 Å². The second kappa shape index (κ2) is 6.02. The van der Waals surface area contributed by atoms with Gasteiger partial charge in [0.2, 0.25) is 0 Å². The molecule has 0 amide bonds. The number of nitrogens with one attached hydrogen (secondary N) is 1. The zero-order valence-corrected chi connectivity index (χ0v) is 11.7. The minimum atomic E-state index is 0.102. The molecule has 1 rings (SSSR count). The first-order valence-corrected chi connectivity index (χ1v) is 6.90. The summed E-state index contributed by atoms with van der Waals surface area (Å²) in [4.78, 5) is 0. The van der Waals surface area contributed by atoms with Gasteiger partial charge in [0, 0.05) is 18.7 Å². The van der Waals surface area contributed by atoms with Gasteiger partial charge in [-0.15, -0.1) is 0 Å². The maximum atomic E-state index is 5.88. The summed E-state index contributed by atoms with van der Waals surface area (Å²) in [6.07, 6.45) is 4.66. The molecule has 0 bridgehead atoms. The van der Waals surface area contributed by atoms with Crippen LogP contribution in [0.1, 0.15) is 60.3 Å². The van der Waals surface area contributed by atoms with Gasteiger partial charge in [-0.3, -0.25) is 0 Å². The van der Waals surface area contributed by atoms with Crippen molar-refractivity contribution in [1.82, 2.24) is 5.32 Å². The Bertz CT molecular complexity index is 205. The van der Waals surface area contributed by atoms with Gasteiger partial charge >= 0.3 is 0 Å². The highest BCUT2D eigenvalue weighted by Crippen LogP contribution is 2.28. The van der Waals surface area contributed by atoms with Gasteiger partial charge < -0.3 is 10.1 Å². The topological polar surface area (TPSA) is 21.3 Å². The largest absolute Gasteiger partial charge is 0.375 e. The Morgan fingerprint density at radius 2 is 2.06 bits per heavy atom. The van der Waals surface area contributed by atoms with Crippen LogP contribution in [0.3, 0.4) is 0 Å². The maximum Gasteiger partial charge on any atom is 0.0666 e. The van der Waals surface area contributed by atoms with Gasteiger partial charge in [0.15, 0.2) is 0 Å². The summed E-state index contributed by atoms with van der Waals surface area (Å²) in [5.41, 5.74) is 0.102. The molecule has 0 spiro atoms. The van der Waals surface area contributed by atoms with E-state index >= 15 is 0 Å². The van der Waals surface area contributed by atoms with Crippen molar-refractivity contribution in [1.29, 1.82) is 0 Å². The van der Waals surface area contributed by atoms with Crippen molar-refractivity contribution < 1.29 is 4.74 Å². The molecule has 1 fully saturated rings. The quantitative estimate of drug-likeness (QED) is 0.777. The predicted octanol–water partition coefficient (Wildman–Crippen LogP) is 3.36. The first kappa shape index (κ1) is 14.0. The van der Waals surface area contributed by atoms with E-state index in [4.69, 9.17) is 4.74 Å². The fraction of sp³-hybridized carbons (Fsp3) is 1.00. The summed E-state index contributed by atoms with van der Waals surface area (Å²) >= 11 is 0. The SMILES string of the molecule is CCC(NC1CCOC(C)(CC)C1)C(C)C. The van der Waals surface area contributed by atoms with Crippen LogP contribution in [0.5, 0.6) is 0 Å². The minimum absolute atomic E-state index is 0.102. The van der Waals surface area contributed by atoms with Crippen LogP contribution in [-0.4, -0.2) is 24.3 Å². The van der Waals surface area contributed by atoms with Crippen LogP contribution in [0.25, 0.3) is 0 Å². The fourth-order valence-corrected chi connectivity index (χ4v) is 2.60. The average Bonchev–Trinajstić information content (AvgIpc) is 2.25. The molecule has 2 heteroatoms. The molecule has 0 aromatic heterocycles. The Morgan fingerprint density at radius 3 is 2.56 bits per heavy atom. The molecule has 1 aliphatic heterocycles. The maximum absolute atomic E-state index is 5.88. The highest BCUT2D eigenvalue weighted by atomic mass is 16.5. The third-order valence-corrected chi connectivity index (χ3v) is 4.04. The van der Waals surface area contributed by atoms with Crippen molar-refractivity contribution in [2.24, 2.45) is 5.92 Å². The third kappa shape index (κ3) is 3.74. The summed E-state index contributed by atoms with van der Waals surface area (Å²) in [5.74, 6) is 0.723. The van der Waals surface area contributed by atoms with Gasteiger partial charge in [0.1, 0.15) is 0 Å². The molecule has 1 saturated heterocycles. The van der Waals surface area contributed by atoms with Crippen LogP contribution < -0.4 is 5.32 Å². The second-order valence-electron chi connectivity index (χ2n) is 5.77. The zero-order chi connectivity index (χ0) is 12.2. The van der Waals surface area contributed by atoms with E-state index in [9.17, 15) is 0 Å². The number of ether oxygens (including phenoxy) is 1. The summed E-state index contributed by atoms with van der Waals surface area (Å²) in [6, 6.07) is 1.30. The first-order chi connectivity index (χ1) is 7.50. The Labute approximate surface area is 101 Å². The smallest absolute Gasteiger partial charge is 0.0666 e. The number of hydrogen-bond acceptors (Lipinski definition) is 2. The van der Waals surface area contributed by atoms with Gasteiger partial charge in [-0.05, 0) is 38.5 Å². The van der Waals surface area contributed by atoms with Crippen molar-refractivity contribution in [3.8, 4) is 0 Å². The molecule has 0 saturated carbocycles. The Morgan fingerprint density at radius 1 is 1.38 bits per heavy atom. The zero-order valence-electron chi connectivity index (χ0n) is 11.7. The van der Waals surface area contributed by atoms with E-state index in [-0.39, 0.29) is 5.60 Å². The van der Waals surface area contributed by atoms with E-state index < -0.39 is 0 Å². The highest BCUT2D eigenvalue weighted by molar-refractivity contribution is 4.87. The number of rotatable bonds is 5. The molecule has 3 unspecified atom stereocenters. The van der Waals surface area contributed by atoms with Crippen LogP contribution >= 0.6 is 0 Å². The minimum Gasteiger partial charge on any atom is -0.375 e. The molecule has 16 heavy (non-hydrogen) atoms. The molecular weight excluding hydrogens is 198 g/mol. The Balaban J connectivity index is 2.48. The highest BCUT2D eigenvalue weighted by Gasteiger charge is 2.32. The van der Waals surface area contributed by atoms with Crippen molar-refractivity contribution in [2.75, 3.05) is 6.61 Å². The molecule has 0 radical (unpaired) electrons. The second-order valence-corrected chi connectivity index (χ2v) is 5.77. The van der Waals surface area contributed by atoms with Gasteiger partial charge in [-0.2, -0.15) is 0 Å². The lowest BCUT2D eigenvalue weighted by atomic mass is 9.88. The van der Waals surface area contributed by atoms with Crippen LogP contribution in [-0.2, 0) is 4.74 Å². The summed E-state index contributed by atoms with van der Waals surface area (Å²) in [7, 11) is 0. The van der Waals surface area contributed by atoms with Gasteiger partial charge in [0.05, 0.1) is 5.60 Å². The lowest BCUT2D eigenvalue weighted by molar-refractivity contribution is -0.0797. The third-order valence-electron chi connectivity index (χ3n) is 4.04. The van der Waals surface area contributed by atoms with E-state index in [0.717, 1.165) is 25.4 Å². The summed E-state index contributed by atoms with van der Waals surface area (Å²) in [6.45, 7) is 12.3. The molecule has 2 nitrogen and oxygen atoms in total. The Hall–Kier alpha value is -0.0800. The van der Waals surface area contributed by atoms with Crippen LogP contribution in [0.2, 0.25) is 0 Å². The molecule has 1 heterocycles. The van der Waals surface area contributed by atoms with Gasteiger partial charge in [0.25, 0.3) is 0 Å². The molecule has 0 aromatic rings. The van der Waals surface area contributed by atoms with Crippen molar-refractivity contribution in [3.63, 3.8) is 0 Å².